The van der Waals surface area contributed by atoms with E-state index in [0.717, 1.165) is 37.4 Å². The van der Waals surface area contributed by atoms with Crippen LogP contribution in [0, 0.1) is 0 Å². The summed E-state index contributed by atoms with van der Waals surface area (Å²) in [5.41, 5.74) is 1.28. The molecule has 0 amide bonds. The van der Waals surface area contributed by atoms with Crippen molar-refractivity contribution in [3.8, 4) is 11.5 Å². The van der Waals surface area contributed by atoms with Crippen molar-refractivity contribution in [2.24, 2.45) is 0 Å². The van der Waals surface area contributed by atoms with E-state index < -0.39 is 0 Å². The topological polar surface area (TPSA) is 33.7 Å². The Morgan fingerprint density at radius 3 is 2.90 bits per heavy atom. The first-order chi connectivity index (χ1) is 9.72. The fourth-order valence-corrected chi connectivity index (χ4v) is 2.63. The Balaban J connectivity index is 2.07. The zero-order chi connectivity index (χ0) is 14.4. The minimum absolute atomic E-state index is 0.266. The lowest BCUT2D eigenvalue weighted by atomic mass is 10.1. The van der Waals surface area contributed by atoms with Crippen molar-refractivity contribution in [2.75, 3.05) is 40.8 Å². The molecular weight excluding hydrogens is 252 g/mol. The maximum atomic E-state index is 6.18. The van der Waals surface area contributed by atoms with Crippen LogP contribution in [0.5, 0.6) is 11.5 Å². The Labute approximate surface area is 122 Å². The summed E-state index contributed by atoms with van der Waals surface area (Å²) in [4.78, 5) is 2.32. The third kappa shape index (κ3) is 4.12. The van der Waals surface area contributed by atoms with Gasteiger partial charge in [-0.15, -0.1) is 0 Å². The molecule has 1 aliphatic rings. The van der Waals surface area contributed by atoms with E-state index in [4.69, 9.17) is 9.47 Å². The van der Waals surface area contributed by atoms with Crippen molar-refractivity contribution in [1.82, 2.24) is 10.2 Å². The smallest absolute Gasteiger partial charge is 0.161 e. The Morgan fingerprint density at radius 2 is 2.20 bits per heavy atom. The summed E-state index contributed by atoms with van der Waals surface area (Å²) < 4.78 is 11.6. The Bertz CT molecular complexity index is 423. The van der Waals surface area contributed by atoms with Gasteiger partial charge in [0, 0.05) is 6.54 Å². The van der Waals surface area contributed by atoms with Crippen LogP contribution >= 0.6 is 0 Å². The highest BCUT2D eigenvalue weighted by Gasteiger charge is 2.20. The van der Waals surface area contributed by atoms with Gasteiger partial charge in [-0.25, -0.2) is 0 Å². The summed E-state index contributed by atoms with van der Waals surface area (Å²) >= 11 is 0. The van der Waals surface area contributed by atoms with E-state index in [9.17, 15) is 0 Å². The highest BCUT2D eigenvalue weighted by molar-refractivity contribution is 5.43. The first-order valence-electron chi connectivity index (χ1n) is 7.39. The van der Waals surface area contributed by atoms with Crippen molar-refractivity contribution in [2.45, 2.75) is 25.4 Å². The van der Waals surface area contributed by atoms with Crippen LogP contribution in [0.4, 0.5) is 0 Å². The van der Waals surface area contributed by atoms with E-state index in [1.165, 1.54) is 18.5 Å². The monoisotopic (exact) mass is 278 g/mol. The molecule has 20 heavy (non-hydrogen) atoms. The first-order valence-corrected chi connectivity index (χ1v) is 7.39. The molecule has 2 rings (SSSR count). The molecule has 0 aliphatic carbocycles. The van der Waals surface area contributed by atoms with Crippen molar-refractivity contribution in [3.63, 3.8) is 0 Å². The minimum atomic E-state index is 0.266. The number of benzene rings is 1. The number of ether oxygens (including phenoxy) is 2. The number of likely N-dealkylation sites (tertiary alicyclic amines) is 1. The lowest BCUT2D eigenvalue weighted by Crippen LogP contribution is -2.38. The van der Waals surface area contributed by atoms with Gasteiger partial charge in [-0.05, 0) is 64.1 Å². The van der Waals surface area contributed by atoms with E-state index >= 15 is 0 Å². The quantitative estimate of drug-likeness (QED) is 0.862. The van der Waals surface area contributed by atoms with Gasteiger partial charge in [-0.1, -0.05) is 6.07 Å². The molecule has 0 aromatic heterocycles. The zero-order valence-corrected chi connectivity index (χ0v) is 12.8. The van der Waals surface area contributed by atoms with Gasteiger partial charge in [0.05, 0.1) is 7.11 Å². The van der Waals surface area contributed by atoms with Crippen LogP contribution in [0.1, 0.15) is 18.4 Å². The molecule has 0 spiro atoms. The number of piperidine rings is 1. The van der Waals surface area contributed by atoms with Crippen molar-refractivity contribution in [3.05, 3.63) is 23.8 Å². The highest BCUT2D eigenvalue weighted by atomic mass is 16.5. The van der Waals surface area contributed by atoms with E-state index in [1.54, 1.807) is 7.11 Å². The zero-order valence-electron chi connectivity index (χ0n) is 12.8. The van der Waals surface area contributed by atoms with Crippen molar-refractivity contribution < 1.29 is 9.47 Å². The van der Waals surface area contributed by atoms with Crippen LogP contribution in [-0.2, 0) is 6.42 Å². The average Bonchev–Trinajstić information content (AvgIpc) is 2.45. The van der Waals surface area contributed by atoms with Crippen LogP contribution in [0.3, 0.4) is 0 Å². The fourth-order valence-electron chi connectivity index (χ4n) is 2.63. The van der Waals surface area contributed by atoms with Crippen LogP contribution in [-0.4, -0.2) is 51.8 Å². The molecule has 1 saturated heterocycles. The number of hydrogen-bond donors (Lipinski definition) is 1. The lowest BCUT2D eigenvalue weighted by molar-refractivity contribution is 0.101. The van der Waals surface area contributed by atoms with Gasteiger partial charge >= 0.3 is 0 Å². The standard InChI is InChI=1S/C16H26N2O2/c1-17-9-8-13-6-7-15(19-3)16(11-13)20-14-5-4-10-18(2)12-14/h6-7,11,14,17H,4-5,8-10,12H2,1-3H3. The number of nitrogens with one attached hydrogen (secondary N) is 1. The predicted molar refractivity (Wildman–Crippen MR) is 81.8 cm³/mol. The molecule has 1 heterocycles. The molecule has 0 radical (unpaired) electrons. The number of nitrogens with zero attached hydrogens (tertiary/aromatic N) is 1. The van der Waals surface area contributed by atoms with Gasteiger partial charge < -0.3 is 19.7 Å². The number of rotatable bonds is 6. The Hall–Kier alpha value is -1.26. The maximum absolute atomic E-state index is 6.18. The SMILES string of the molecule is CNCCc1ccc(OC)c(OC2CCCN(C)C2)c1. The van der Waals surface area contributed by atoms with Crippen LogP contribution < -0.4 is 14.8 Å². The molecule has 1 aromatic carbocycles. The summed E-state index contributed by atoms with van der Waals surface area (Å²) in [7, 11) is 5.82. The van der Waals surface area contributed by atoms with Gasteiger partial charge in [-0.3, -0.25) is 0 Å². The molecule has 1 aromatic rings. The van der Waals surface area contributed by atoms with Crippen LogP contribution in [0.2, 0.25) is 0 Å². The second kappa shape index (κ2) is 7.50. The second-order valence-corrected chi connectivity index (χ2v) is 5.48. The molecule has 112 valence electrons. The summed E-state index contributed by atoms with van der Waals surface area (Å²) in [5, 5.41) is 3.17. The van der Waals surface area contributed by atoms with E-state index in [2.05, 4.69) is 29.4 Å². The Morgan fingerprint density at radius 1 is 1.35 bits per heavy atom. The van der Waals surface area contributed by atoms with E-state index in [-0.39, 0.29) is 6.10 Å². The molecule has 0 bridgehead atoms. The van der Waals surface area contributed by atoms with Gasteiger partial charge in [-0.2, -0.15) is 0 Å². The van der Waals surface area contributed by atoms with Gasteiger partial charge in [0.25, 0.3) is 0 Å². The largest absolute Gasteiger partial charge is 0.493 e. The van der Waals surface area contributed by atoms with Crippen LogP contribution in [0.15, 0.2) is 18.2 Å². The predicted octanol–water partition coefficient (Wildman–Crippen LogP) is 1.93. The Kier molecular flexibility index (Phi) is 5.68. The van der Waals surface area contributed by atoms with Gasteiger partial charge in [0.2, 0.25) is 0 Å². The highest BCUT2D eigenvalue weighted by Crippen LogP contribution is 2.30. The fraction of sp³-hybridized carbons (Fsp3) is 0.625. The number of hydrogen-bond acceptors (Lipinski definition) is 4. The molecule has 0 saturated carbocycles. The molecule has 1 N–H and O–H groups in total. The van der Waals surface area contributed by atoms with E-state index in [0.29, 0.717) is 0 Å². The molecule has 4 heteroatoms. The third-order valence-electron chi connectivity index (χ3n) is 3.77. The summed E-state index contributed by atoms with van der Waals surface area (Å²) in [5.74, 6) is 1.70. The average molecular weight is 278 g/mol. The molecule has 4 nitrogen and oxygen atoms in total. The summed E-state index contributed by atoms with van der Waals surface area (Å²) in [6.07, 6.45) is 3.58. The van der Waals surface area contributed by atoms with Gasteiger partial charge in [0.1, 0.15) is 6.10 Å². The minimum Gasteiger partial charge on any atom is -0.493 e. The maximum Gasteiger partial charge on any atom is 0.161 e. The molecule has 1 aliphatic heterocycles. The van der Waals surface area contributed by atoms with Crippen LogP contribution in [0.25, 0.3) is 0 Å². The third-order valence-corrected chi connectivity index (χ3v) is 3.77. The molecular formula is C16H26N2O2. The molecule has 1 unspecified atom stereocenters. The first kappa shape index (κ1) is 15.1. The normalized spacial score (nSPS) is 19.9. The second-order valence-electron chi connectivity index (χ2n) is 5.48. The lowest BCUT2D eigenvalue weighted by Gasteiger charge is -2.30. The van der Waals surface area contributed by atoms with Crippen molar-refractivity contribution >= 4 is 0 Å². The van der Waals surface area contributed by atoms with E-state index in [1.807, 2.05) is 13.1 Å². The molecule has 1 fully saturated rings. The number of likely N-dealkylation sites (N-methyl/N-ethyl adjacent to an activating group) is 2. The van der Waals surface area contributed by atoms with Gasteiger partial charge in [0.15, 0.2) is 11.5 Å². The molecule has 1 atom stereocenters. The number of methoxy groups -OCH3 is 1. The van der Waals surface area contributed by atoms with Crippen molar-refractivity contribution in [1.29, 1.82) is 0 Å². The summed E-state index contributed by atoms with van der Waals surface area (Å²) in [6.45, 7) is 3.13. The summed E-state index contributed by atoms with van der Waals surface area (Å²) in [6, 6.07) is 6.23.